The minimum absolute atomic E-state index is 0.0414. The Morgan fingerprint density at radius 1 is 1.07 bits per heavy atom. The zero-order valence-electron chi connectivity index (χ0n) is 15.4. The van der Waals surface area contributed by atoms with Crippen LogP contribution < -0.4 is 0 Å². The quantitative estimate of drug-likeness (QED) is 0.738. The van der Waals surface area contributed by atoms with E-state index in [2.05, 4.69) is 29.3 Å². The summed E-state index contributed by atoms with van der Waals surface area (Å²) in [6.45, 7) is 0. The second kappa shape index (κ2) is 6.99. The summed E-state index contributed by atoms with van der Waals surface area (Å²) < 4.78 is 5.53. The van der Waals surface area contributed by atoms with Gasteiger partial charge in [-0.05, 0) is 67.0 Å². The van der Waals surface area contributed by atoms with E-state index in [-0.39, 0.29) is 5.41 Å². The van der Waals surface area contributed by atoms with Crippen molar-refractivity contribution >= 4 is 5.71 Å². The van der Waals surface area contributed by atoms with Gasteiger partial charge in [0, 0.05) is 18.1 Å². The average molecular weight is 355 g/mol. The van der Waals surface area contributed by atoms with Crippen molar-refractivity contribution in [2.24, 2.45) is 10.4 Å². The van der Waals surface area contributed by atoms with E-state index in [4.69, 9.17) is 10.00 Å². The van der Waals surface area contributed by atoms with Gasteiger partial charge in [0.1, 0.15) is 0 Å². The van der Waals surface area contributed by atoms with Crippen LogP contribution in [0.3, 0.4) is 0 Å². The normalized spacial score (nSPS) is 25.1. The standard InChI is InChI=1S/C23H21N3O/c1-27-20-7-9-23(10-8-20)13-19-6-5-18(12-21(19)22(23)26-15-25)17-4-2-3-16(11-17)14-24/h2-6,11-12,20H,7-10,13H2,1H3/b26-22+. The first-order chi connectivity index (χ1) is 13.2. The van der Waals surface area contributed by atoms with Crippen LogP contribution in [0.2, 0.25) is 0 Å². The molecule has 0 atom stereocenters. The number of benzene rings is 2. The Kier molecular flexibility index (Phi) is 4.52. The molecule has 0 radical (unpaired) electrons. The number of nitrogens with zero attached hydrogens (tertiary/aromatic N) is 3. The molecule has 1 spiro atoms. The van der Waals surface area contributed by atoms with E-state index < -0.39 is 0 Å². The van der Waals surface area contributed by atoms with Gasteiger partial charge in [0.05, 0.1) is 23.4 Å². The molecule has 4 heteroatoms. The zero-order chi connectivity index (χ0) is 18.9. The summed E-state index contributed by atoms with van der Waals surface area (Å²) in [6.07, 6.45) is 7.30. The molecule has 134 valence electrons. The molecule has 4 nitrogen and oxygen atoms in total. The van der Waals surface area contributed by atoms with Gasteiger partial charge in [-0.1, -0.05) is 24.3 Å². The number of fused-ring (bicyclic) bond motifs is 1. The molecule has 0 bridgehead atoms. The maximum absolute atomic E-state index is 9.32. The molecule has 2 aliphatic rings. The number of ether oxygens (including phenoxy) is 1. The van der Waals surface area contributed by atoms with Crippen LogP contribution in [0.25, 0.3) is 11.1 Å². The maximum atomic E-state index is 9.32. The first-order valence-corrected chi connectivity index (χ1v) is 9.33. The van der Waals surface area contributed by atoms with Crippen LogP contribution in [0.15, 0.2) is 47.5 Å². The second-order valence-corrected chi connectivity index (χ2v) is 7.52. The minimum atomic E-state index is -0.0414. The van der Waals surface area contributed by atoms with Gasteiger partial charge in [0.2, 0.25) is 6.19 Å². The summed E-state index contributed by atoms with van der Waals surface area (Å²) in [4.78, 5) is 4.29. The van der Waals surface area contributed by atoms with E-state index >= 15 is 0 Å². The minimum Gasteiger partial charge on any atom is -0.381 e. The fourth-order valence-electron chi connectivity index (χ4n) is 4.65. The third-order valence-corrected chi connectivity index (χ3v) is 6.11. The van der Waals surface area contributed by atoms with Gasteiger partial charge in [0.25, 0.3) is 0 Å². The second-order valence-electron chi connectivity index (χ2n) is 7.52. The van der Waals surface area contributed by atoms with E-state index in [0.29, 0.717) is 11.7 Å². The predicted octanol–water partition coefficient (Wildman–Crippen LogP) is 4.63. The molecule has 0 N–H and O–H groups in total. The Bertz CT molecular complexity index is 985. The van der Waals surface area contributed by atoms with Crippen molar-refractivity contribution in [1.82, 2.24) is 0 Å². The van der Waals surface area contributed by atoms with Crippen LogP contribution in [0.1, 0.15) is 42.4 Å². The fourth-order valence-corrected chi connectivity index (χ4v) is 4.65. The lowest BCUT2D eigenvalue weighted by molar-refractivity contribution is 0.0468. The Morgan fingerprint density at radius 2 is 1.85 bits per heavy atom. The topological polar surface area (TPSA) is 69.2 Å². The van der Waals surface area contributed by atoms with Crippen molar-refractivity contribution in [2.45, 2.75) is 38.2 Å². The molecule has 2 aromatic carbocycles. The Labute approximate surface area is 159 Å². The van der Waals surface area contributed by atoms with Crippen LogP contribution in [0.5, 0.6) is 0 Å². The number of nitriles is 2. The van der Waals surface area contributed by atoms with Gasteiger partial charge in [-0.15, -0.1) is 0 Å². The van der Waals surface area contributed by atoms with Crippen LogP contribution in [-0.4, -0.2) is 18.9 Å². The average Bonchev–Trinajstić information content (AvgIpc) is 3.01. The Hall–Kier alpha value is -2.95. The molecule has 0 saturated heterocycles. The highest BCUT2D eigenvalue weighted by Gasteiger charge is 2.45. The lowest BCUT2D eigenvalue weighted by atomic mass is 9.70. The highest BCUT2D eigenvalue weighted by Crippen LogP contribution is 2.48. The molecule has 0 unspecified atom stereocenters. The van der Waals surface area contributed by atoms with Gasteiger partial charge < -0.3 is 4.74 Å². The van der Waals surface area contributed by atoms with Gasteiger partial charge >= 0.3 is 0 Å². The summed E-state index contributed by atoms with van der Waals surface area (Å²) in [5, 5.41) is 18.5. The Morgan fingerprint density at radius 3 is 2.56 bits per heavy atom. The molecular formula is C23H21N3O. The van der Waals surface area contributed by atoms with Crippen molar-refractivity contribution in [3.05, 3.63) is 59.2 Å². The fraction of sp³-hybridized carbons (Fsp3) is 0.348. The summed E-state index contributed by atoms with van der Waals surface area (Å²) in [5.74, 6) is 0. The number of hydrogen-bond donors (Lipinski definition) is 0. The van der Waals surface area contributed by atoms with Crippen molar-refractivity contribution in [1.29, 1.82) is 10.5 Å². The maximum Gasteiger partial charge on any atom is 0.205 e. The highest BCUT2D eigenvalue weighted by atomic mass is 16.5. The lowest BCUT2D eigenvalue weighted by Crippen LogP contribution is -2.35. The first kappa shape index (κ1) is 17.5. The smallest absolute Gasteiger partial charge is 0.205 e. The van der Waals surface area contributed by atoms with Gasteiger partial charge in [0.15, 0.2) is 0 Å². The van der Waals surface area contributed by atoms with E-state index in [1.165, 1.54) is 5.56 Å². The zero-order valence-corrected chi connectivity index (χ0v) is 15.4. The van der Waals surface area contributed by atoms with Crippen LogP contribution in [0.4, 0.5) is 0 Å². The molecule has 1 saturated carbocycles. The summed E-state index contributed by atoms with van der Waals surface area (Å²) in [7, 11) is 1.78. The molecule has 4 rings (SSSR count). The molecule has 0 amide bonds. The van der Waals surface area contributed by atoms with E-state index in [0.717, 1.165) is 54.5 Å². The monoisotopic (exact) mass is 355 g/mol. The lowest BCUT2D eigenvalue weighted by Gasteiger charge is -2.36. The Balaban J connectivity index is 1.74. The third-order valence-electron chi connectivity index (χ3n) is 6.11. The van der Waals surface area contributed by atoms with Crippen molar-refractivity contribution in [2.75, 3.05) is 7.11 Å². The number of hydrogen-bond acceptors (Lipinski definition) is 4. The number of aliphatic imine (C=N–C) groups is 1. The first-order valence-electron chi connectivity index (χ1n) is 9.33. The van der Waals surface area contributed by atoms with Gasteiger partial charge in [-0.25, -0.2) is 0 Å². The molecule has 0 heterocycles. The van der Waals surface area contributed by atoms with E-state index in [1.54, 1.807) is 7.11 Å². The van der Waals surface area contributed by atoms with E-state index in [9.17, 15) is 5.26 Å². The highest BCUT2D eigenvalue weighted by molar-refractivity contribution is 6.10. The molecule has 27 heavy (non-hydrogen) atoms. The molecule has 2 aliphatic carbocycles. The van der Waals surface area contributed by atoms with Crippen LogP contribution in [0, 0.1) is 28.2 Å². The summed E-state index contributed by atoms with van der Waals surface area (Å²) in [5.41, 5.74) is 5.96. The number of rotatable bonds is 2. The SMILES string of the molecule is COC1CCC2(CC1)Cc1ccc(-c3cccc(C#N)c3)cc1/C2=N\C#N. The van der Waals surface area contributed by atoms with Crippen LogP contribution >= 0.6 is 0 Å². The van der Waals surface area contributed by atoms with Crippen molar-refractivity contribution < 1.29 is 4.74 Å². The largest absolute Gasteiger partial charge is 0.381 e. The number of methoxy groups -OCH3 is 1. The van der Waals surface area contributed by atoms with Crippen molar-refractivity contribution in [3.63, 3.8) is 0 Å². The summed E-state index contributed by atoms with van der Waals surface area (Å²) >= 11 is 0. The third kappa shape index (κ3) is 3.03. The van der Waals surface area contributed by atoms with Crippen molar-refractivity contribution in [3.8, 4) is 23.4 Å². The van der Waals surface area contributed by atoms with Gasteiger partial charge in [-0.2, -0.15) is 15.5 Å². The molecule has 1 fully saturated rings. The molecular weight excluding hydrogens is 334 g/mol. The van der Waals surface area contributed by atoms with E-state index in [1.807, 2.05) is 30.5 Å². The molecule has 2 aromatic rings. The van der Waals surface area contributed by atoms with Crippen LogP contribution in [-0.2, 0) is 11.2 Å². The van der Waals surface area contributed by atoms with Gasteiger partial charge in [-0.3, -0.25) is 0 Å². The molecule has 0 aliphatic heterocycles. The predicted molar refractivity (Wildman–Crippen MR) is 104 cm³/mol. The summed E-state index contributed by atoms with van der Waals surface area (Å²) in [6, 6.07) is 16.2. The molecule has 0 aromatic heterocycles.